The van der Waals surface area contributed by atoms with Crippen molar-refractivity contribution in [2.45, 2.75) is 43.6 Å². The van der Waals surface area contributed by atoms with Crippen molar-refractivity contribution in [1.29, 1.82) is 0 Å². The van der Waals surface area contributed by atoms with Crippen molar-refractivity contribution in [1.82, 2.24) is 0 Å². The number of fused-ring (bicyclic) bond motifs is 3. The van der Waals surface area contributed by atoms with Crippen LogP contribution in [0.2, 0.25) is 0 Å². The van der Waals surface area contributed by atoms with E-state index in [1.54, 1.807) is 14.2 Å². The van der Waals surface area contributed by atoms with Crippen LogP contribution >= 0.6 is 0 Å². The van der Waals surface area contributed by atoms with Crippen LogP contribution < -0.4 is 9.47 Å². The van der Waals surface area contributed by atoms with Gasteiger partial charge in [-0.3, -0.25) is 0 Å². The molecule has 2 aliphatic carbocycles. The van der Waals surface area contributed by atoms with Crippen molar-refractivity contribution in [2.75, 3.05) is 14.2 Å². The third-order valence-corrected chi connectivity index (χ3v) is 6.13. The van der Waals surface area contributed by atoms with Crippen molar-refractivity contribution in [3.05, 3.63) is 59.2 Å². The number of benzene rings is 2. The summed E-state index contributed by atoms with van der Waals surface area (Å²) in [6.45, 7) is 0. The maximum Gasteiger partial charge on any atom is 0.122 e. The highest BCUT2D eigenvalue weighted by molar-refractivity contribution is 5.49. The standard InChI is InChI=1S/C22H26O3/c1-24-15-12-10-14(11-13-15)20-16-6-3-4-7-17(16)21-18(22(20)23)8-5-9-19(21)25-2/h5,8-13,16-17,20,22-23H,3-4,6-7H2,1-2H3. The Hall–Kier alpha value is -2.00. The maximum atomic E-state index is 11.3. The molecule has 132 valence electrons. The van der Waals surface area contributed by atoms with Crippen LogP contribution in [0.4, 0.5) is 0 Å². The first-order chi connectivity index (χ1) is 12.2. The summed E-state index contributed by atoms with van der Waals surface area (Å²) < 4.78 is 11.0. The van der Waals surface area contributed by atoms with E-state index < -0.39 is 6.10 Å². The highest BCUT2D eigenvalue weighted by atomic mass is 16.5. The molecule has 3 heteroatoms. The van der Waals surface area contributed by atoms with Crippen LogP contribution in [0.15, 0.2) is 42.5 Å². The number of ether oxygens (including phenoxy) is 2. The zero-order valence-electron chi connectivity index (χ0n) is 14.9. The third kappa shape index (κ3) is 2.71. The van der Waals surface area contributed by atoms with E-state index in [0.717, 1.165) is 23.5 Å². The van der Waals surface area contributed by atoms with Gasteiger partial charge in [-0.05, 0) is 54.0 Å². The van der Waals surface area contributed by atoms with Crippen molar-refractivity contribution >= 4 is 0 Å². The molecule has 25 heavy (non-hydrogen) atoms. The summed E-state index contributed by atoms with van der Waals surface area (Å²) in [6, 6.07) is 14.3. The van der Waals surface area contributed by atoms with Crippen LogP contribution in [-0.4, -0.2) is 19.3 Å². The van der Waals surface area contributed by atoms with Crippen LogP contribution in [0.25, 0.3) is 0 Å². The summed E-state index contributed by atoms with van der Waals surface area (Å²) in [6.07, 6.45) is 4.35. The van der Waals surface area contributed by atoms with Gasteiger partial charge in [0.15, 0.2) is 0 Å². The second-order valence-corrected chi connectivity index (χ2v) is 7.26. The third-order valence-electron chi connectivity index (χ3n) is 6.13. The Kier molecular flexibility index (Phi) is 4.43. The molecule has 2 aromatic carbocycles. The molecule has 0 radical (unpaired) electrons. The van der Waals surface area contributed by atoms with Crippen LogP contribution in [0.1, 0.15) is 60.3 Å². The van der Waals surface area contributed by atoms with Gasteiger partial charge >= 0.3 is 0 Å². The molecule has 1 N–H and O–H groups in total. The Bertz CT molecular complexity index is 737. The molecule has 1 fully saturated rings. The number of aliphatic hydroxyl groups excluding tert-OH is 1. The highest BCUT2D eigenvalue weighted by Crippen LogP contribution is 2.57. The first-order valence-corrected chi connectivity index (χ1v) is 9.23. The molecular formula is C22H26O3. The molecule has 2 aliphatic rings. The number of hydrogen-bond acceptors (Lipinski definition) is 3. The molecule has 1 saturated carbocycles. The van der Waals surface area contributed by atoms with E-state index >= 15 is 0 Å². The molecule has 2 aromatic rings. The monoisotopic (exact) mass is 338 g/mol. The summed E-state index contributed by atoms with van der Waals surface area (Å²) in [5, 5.41) is 11.3. The van der Waals surface area contributed by atoms with E-state index in [9.17, 15) is 5.11 Å². The quantitative estimate of drug-likeness (QED) is 0.873. The molecule has 0 bridgehead atoms. The molecule has 4 atom stereocenters. The molecule has 0 amide bonds. The normalized spacial score (nSPS) is 28.0. The van der Waals surface area contributed by atoms with Crippen molar-refractivity contribution < 1.29 is 14.6 Å². The fraction of sp³-hybridized carbons (Fsp3) is 0.455. The molecule has 4 rings (SSSR count). The molecule has 0 aliphatic heterocycles. The molecule has 4 unspecified atom stereocenters. The zero-order chi connectivity index (χ0) is 17.4. The molecule has 3 nitrogen and oxygen atoms in total. The second kappa shape index (κ2) is 6.72. The molecule has 0 heterocycles. The fourth-order valence-electron chi connectivity index (χ4n) is 5.02. The fourth-order valence-corrected chi connectivity index (χ4v) is 5.02. The number of aliphatic hydroxyl groups is 1. The lowest BCUT2D eigenvalue weighted by molar-refractivity contribution is 0.0741. The van der Waals surface area contributed by atoms with Gasteiger partial charge in [0.2, 0.25) is 0 Å². The molecule has 0 aromatic heterocycles. The Morgan fingerprint density at radius 3 is 2.40 bits per heavy atom. The minimum Gasteiger partial charge on any atom is -0.497 e. The van der Waals surface area contributed by atoms with Gasteiger partial charge in [-0.2, -0.15) is 0 Å². The molecular weight excluding hydrogens is 312 g/mol. The first-order valence-electron chi connectivity index (χ1n) is 9.23. The summed E-state index contributed by atoms with van der Waals surface area (Å²) in [7, 11) is 3.42. The lowest BCUT2D eigenvalue weighted by atomic mass is 9.60. The number of hydrogen-bond donors (Lipinski definition) is 1. The van der Waals surface area contributed by atoms with Crippen molar-refractivity contribution in [2.24, 2.45) is 5.92 Å². The van der Waals surface area contributed by atoms with Gasteiger partial charge in [0.1, 0.15) is 11.5 Å². The van der Waals surface area contributed by atoms with Gasteiger partial charge < -0.3 is 14.6 Å². The van der Waals surface area contributed by atoms with E-state index in [0.29, 0.717) is 11.8 Å². The maximum absolute atomic E-state index is 11.3. The first kappa shape index (κ1) is 16.5. The average Bonchev–Trinajstić information content (AvgIpc) is 2.68. The van der Waals surface area contributed by atoms with E-state index in [1.807, 2.05) is 24.3 Å². The van der Waals surface area contributed by atoms with Crippen LogP contribution in [0.5, 0.6) is 11.5 Å². The smallest absolute Gasteiger partial charge is 0.122 e. The van der Waals surface area contributed by atoms with E-state index in [-0.39, 0.29) is 5.92 Å². The summed E-state index contributed by atoms with van der Waals surface area (Å²) in [4.78, 5) is 0. The number of methoxy groups -OCH3 is 2. The Labute approximate surface area is 149 Å². The Morgan fingerprint density at radius 1 is 0.920 bits per heavy atom. The largest absolute Gasteiger partial charge is 0.497 e. The van der Waals surface area contributed by atoms with Gasteiger partial charge in [-0.1, -0.05) is 37.1 Å². The SMILES string of the molecule is COc1ccc(C2C(O)c3cccc(OC)c3C3CCCCC32)cc1. The van der Waals surface area contributed by atoms with Gasteiger partial charge in [0.05, 0.1) is 20.3 Å². The van der Waals surface area contributed by atoms with Crippen LogP contribution in [-0.2, 0) is 0 Å². The van der Waals surface area contributed by atoms with E-state index in [2.05, 4.69) is 18.2 Å². The summed E-state index contributed by atoms with van der Waals surface area (Å²) in [5.74, 6) is 2.85. The predicted molar refractivity (Wildman–Crippen MR) is 98.4 cm³/mol. The van der Waals surface area contributed by atoms with E-state index in [1.165, 1.54) is 30.4 Å². The second-order valence-electron chi connectivity index (χ2n) is 7.26. The minimum absolute atomic E-state index is 0.135. The summed E-state index contributed by atoms with van der Waals surface area (Å²) >= 11 is 0. The Morgan fingerprint density at radius 2 is 1.68 bits per heavy atom. The van der Waals surface area contributed by atoms with Crippen molar-refractivity contribution in [3.63, 3.8) is 0 Å². The average molecular weight is 338 g/mol. The number of rotatable bonds is 3. The van der Waals surface area contributed by atoms with E-state index in [4.69, 9.17) is 9.47 Å². The van der Waals surface area contributed by atoms with Crippen LogP contribution in [0, 0.1) is 5.92 Å². The lowest BCUT2D eigenvalue weighted by Gasteiger charge is -2.45. The highest BCUT2D eigenvalue weighted by Gasteiger charge is 2.44. The topological polar surface area (TPSA) is 38.7 Å². The molecule has 0 saturated heterocycles. The lowest BCUT2D eigenvalue weighted by Crippen LogP contribution is -2.34. The van der Waals surface area contributed by atoms with Gasteiger partial charge in [-0.25, -0.2) is 0 Å². The van der Waals surface area contributed by atoms with Gasteiger partial charge in [0.25, 0.3) is 0 Å². The molecule has 0 spiro atoms. The zero-order valence-corrected chi connectivity index (χ0v) is 14.9. The van der Waals surface area contributed by atoms with Gasteiger partial charge in [0, 0.05) is 11.5 Å². The Balaban J connectivity index is 1.82. The minimum atomic E-state index is -0.488. The van der Waals surface area contributed by atoms with Gasteiger partial charge in [-0.15, -0.1) is 0 Å². The summed E-state index contributed by atoms with van der Waals surface area (Å²) in [5.41, 5.74) is 3.49. The van der Waals surface area contributed by atoms with Crippen molar-refractivity contribution in [3.8, 4) is 11.5 Å². The predicted octanol–water partition coefficient (Wildman–Crippen LogP) is 4.81. The van der Waals surface area contributed by atoms with Crippen LogP contribution in [0.3, 0.4) is 0 Å².